The number of nitrogens with zero attached hydrogens (tertiary/aromatic N) is 4. The van der Waals surface area contributed by atoms with Crippen LogP contribution in [0.25, 0.3) is 0 Å². The molecule has 8 heteroatoms. The second-order valence-electron chi connectivity index (χ2n) is 6.89. The third-order valence-corrected chi connectivity index (χ3v) is 5.23. The van der Waals surface area contributed by atoms with Crippen molar-refractivity contribution in [2.75, 3.05) is 20.1 Å². The van der Waals surface area contributed by atoms with Crippen molar-refractivity contribution >= 4 is 30.7 Å². The van der Waals surface area contributed by atoms with Crippen molar-refractivity contribution in [1.29, 1.82) is 10.5 Å². The number of nitriles is 2. The molecule has 0 radical (unpaired) electrons. The Morgan fingerprint density at radius 3 is 2.63 bits per heavy atom. The Hall–Kier alpha value is -1.83. The van der Waals surface area contributed by atoms with Crippen molar-refractivity contribution in [2.45, 2.75) is 43.9 Å². The average Bonchev–Trinajstić information content (AvgIpc) is 3.31. The van der Waals surface area contributed by atoms with Crippen molar-refractivity contribution < 1.29 is 4.79 Å². The lowest BCUT2D eigenvalue weighted by atomic mass is 10.1. The van der Waals surface area contributed by atoms with Crippen molar-refractivity contribution in [3.8, 4) is 12.1 Å². The minimum absolute atomic E-state index is 0. The molecule has 6 nitrogen and oxygen atoms in total. The molecule has 0 saturated carbocycles. The third-order valence-electron chi connectivity index (χ3n) is 5.23. The van der Waals surface area contributed by atoms with E-state index >= 15 is 0 Å². The van der Waals surface area contributed by atoms with E-state index in [9.17, 15) is 10.1 Å². The van der Waals surface area contributed by atoms with Gasteiger partial charge in [0.2, 0.25) is 5.91 Å². The third kappa shape index (κ3) is 5.34. The molecule has 0 aromatic heterocycles. The van der Waals surface area contributed by atoms with Gasteiger partial charge in [0.15, 0.2) is 0 Å². The number of amides is 1. The summed E-state index contributed by atoms with van der Waals surface area (Å²) in [6.45, 7) is 2.25. The molecule has 2 fully saturated rings. The van der Waals surface area contributed by atoms with Crippen LogP contribution in [0.4, 0.5) is 0 Å². The number of benzene rings is 1. The lowest BCUT2D eigenvalue weighted by Gasteiger charge is -2.25. The molecule has 27 heavy (non-hydrogen) atoms. The van der Waals surface area contributed by atoms with Crippen LogP contribution in [0.15, 0.2) is 24.3 Å². The monoisotopic (exact) mass is 409 g/mol. The average molecular weight is 410 g/mol. The molecular formula is C19H25Cl2N5O. The number of likely N-dealkylation sites (N-methyl/N-ethyl adjacent to an activating group) is 1. The molecule has 146 valence electrons. The summed E-state index contributed by atoms with van der Waals surface area (Å²) in [5.41, 5.74) is 1.82. The highest BCUT2D eigenvalue weighted by molar-refractivity contribution is 5.85. The molecule has 2 saturated heterocycles. The predicted octanol–water partition coefficient (Wildman–Crippen LogP) is 2.08. The normalized spacial score (nSPS) is 23.9. The highest BCUT2D eigenvalue weighted by Crippen LogP contribution is 2.22. The van der Waals surface area contributed by atoms with Crippen LogP contribution in [0.2, 0.25) is 0 Å². The first kappa shape index (κ1) is 23.2. The second kappa shape index (κ2) is 10.5. The fourth-order valence-electron chi connectivity index (χ4n) is 3.71. The number of nitrogens with one attached hydrogen (secondary N) is 1. The van der Waals surface area contributed by atoms with Gasteiger partial charge in [-0.25, -0.2) is 0 Å². The first-order chi connectivity index (χ1) is 12.1. The number of carbonyl (C=O) groups excluding carboxylic acids is 1. The van der Waals surface area contributed by atoms with E-state index in [1.54, 1.807) is 4.90 Å². The predicted molar refractivity (Wildman–Crippen MR) is 108 cm³/mol. The molecule has 0 unspecified atom stereocenters. The Morgan fingerprint density at radius 2 is 2.00 bits per heavy atom. The summed E-state index contributed by atoms with van der Waals surface area (Å²) < 4.78 is 0. The Labute approximate surface area is 172 Å². The molecule has 2 aliphatic heterocycles. The standard InChI is InChI=1S/C19H23N5O.2ClH/c1-23(13-15-6-4-14(10-20)5-7-15)17-9-18(22-12-17)19(25)24-8-2-3-16(24)11-21;;/h4-7,16-18,22H,2-3,8-9,12-13H2,1H3;2*1H/t16-,17-,18-;;/m0../s1. The number of hydrogen-bond acceptors (Lipinski definition) is 5. The summed E-state index contributed by atoms with van der Waals surface area (Å²) >= 11 is 0. The molecule has 2 heterocycles. The van der Waals surface area contributed by atoms with E-state index < -0.39 is 0 Å². The van der Waals surface area contributed by atoms with Gasteiger partial charge in [-0.05, 0) is 44.0 Å². The first-order valence-corrected chi connectivity index (χ1v) is 8.75. The maximum Gasteiger partial charge on any atom is 0.240 e. The molecule has 2 aliphatic rings. The second-order valence-corrected chi connectivity index (χ2v) is 6.89. The zero-order valence-electron chi connectivity index (χ0n) is 15.3. The molecule has 1 amide bonds. The van der Waals surface area contributed by atoms with E-state index in [-0.39, 0.29) is 48.8 Å². The number of likely N-dealkylation sites (tertiary alicyclic amines) is 1. The van der Waals surface area contributed by atoms with Crippen LogP contribution in [0, 0.1) is 22.7 Å². The molecule has 0 spiro atoms. The van der Waals surface area contributed by atoms with E-state index in [1.807, 2.05) is 24.3 Å². The number of halogens is 2. The summed E-state index contributed by atoms with van der Waals surface area (Å²) in [6.07, 6.45) is 2.47. The Kier molecular flexibility index (Phi) is 9.02. The number of rotatable bonds is 4. The first-order valence-electron chi connectivity index (χ1n) is 8.75. The lowest BCUT2D eigenvalue weighted by Crippen LogP contribution is -2.45. The number of carbonyl (C=O) groups is 1. The van der Waals surface area contributed by atoms with Gasteiger partial charge in [-0.3, -0.25) is 9.69 Å². The van der Waals surface area contributed by atoms with Crippen molar-refractivity contribution in [3.05, 3.63) is 35.4 Å². The van der Waals surface area contributed by atoms with Crippen LogP contribution in [0.1, 0.15) is 30.4 Å². The maximum absolute atomic E-state index is 12.7. The number of hydrogen-bond donors (Lipinski definition) is 1. The van der Waals surface area contributed by atoms with Crippen LogP contribution in [-0.4, -0.2) is 54.0 Å². The molecule has 0 bridgehead atoms. The zero-order chi connectivity index (χ0) is 17.8. The Morgan fingerprint density at radius 1 is 1.30 bits per heavy atom. The van der Waals surface area contributed by atoms with Crippen LogP contribution in [-0.2, 0) is 11.3 Å². The van der Waals surface area contributed by atoms with Gasteiger partial charge in [0.05, 0.1) is 23.7 Å². The van der Waals surface area contributed by atoms with Gasteiger partial charge in [0.1, 0.15) is 6.04 Å². The molecule has 1 aromatic carbocycles. The minimum atomic E-state index is -0.260. The van der Waals surface area contributed by atoms with Crippen molar-refractivity contribution in [3.63, 3.8) is 0 Å². The van der Waals surface area contributed by atoms with Crippen LogP contribution >= 0.6 is 24.8 Å². The quantitative estimate of drug-likeness (QED) is 0.822. The molecule has 1 aromatic rings. The van der Waals surface area contributed by atoms with E-state index in [0.717, 1.165) is 37.9 Å². The van der Waals surface area contributed by atoms with Gasteiger partial charge in [-0.15, -0.1) is 24.8 Å². The largest absolute Gasteiger partial charge is 0.325 e. The molecular weight excluding hydrogens is 385 g/mol. The molecule has 3 rings (SSSR count). The van der Waals surface area contributed by atoms with Crippen LogP contribution in [0.3, 0.4) is 0 Å². The van der Waals surface area contributed by atoms with Gasteiger partial charge < -0.3 is 10.2 Å². The Bertz CT molecular complexity index is 712. The fourth-order valence-corrected chi connectivity index (χ4v) is 3.71. The van der Waals surface area contributed by atoms with E-state index in [2.05, 4.69) is 29.4 Å². The van der Waals surface area contributed by atoms with E-state index in [0.29, 0.717) is 12.1 Å². The van der Waals surface area contributed by atoms with Gasteiger partial charge in [-0.1, -0.05) is 12.1 Å². The topological polar surface area (TPSA) is 83.2 Å². The van der Waals surface area contributed by atoms with Gasteiger partial charge in [0, 0.05) is 25.7 Å². The summed E-state index contributed by atoms with van der Waals surface area (Å²) in [4.78, 5) is 16.7. The maximum atomic E-state index is 12.7. The van der Waals surface area contributed by atoms with Gasteiger partial charge in [-0.2, -0.15) is 10.5 Å². The van der Waals surface area contributed by atoms with E-state index in [1.165, 1.54) is 0 Å². The molecule has 0 aliphatic carbocycles. The SMILES string of the molecule is CN(Cc1ccc(C#N)cc1)[C@@H]1CN[C@H](C(=O)N2CCC[C@H]2C#N)C1.Cl.Cl. The highest BCUT2D eigenvalue weighted by atomic mass is 35.5. The molecule has 1 N–H and O–H groups in total. The summed E-state index contributed by atoms with van der Waals surface area (Å²) in [6, 6.07) is 11.8. The van der Waals surface area contributed by atoms with Crippen LogP contribution in [0.5, 0.6) is 0 Å². The van der Waals surface area contributed by atoms with Gasteiger partial charge >= 0.3 is 0 Å². The van der Waals surface area contributed by atoms with Crippen LogP contribution < -0.4 is 5.32 Å². The minimum Gasteiger partial charge on any atom is -0.325 e. The van der Waals surface area contributed by atoms with Crippen molar-refractivity contribution in [2.24, 2.45) is 0 Å². The fraction of sp³-hybridized carbons (Fsp3) is 0.526. The highest BCUT2D eigenvalue weighted by Gasteiger charge is 2.37. The smallest absolute Gasteiger partial charge is 0.240 e. The summed E-state index contributed by atoms with van der Waals surface area (Å²) in [5, 5.41) is 21.4. The lowest BCUT2D eigenvalue weighted by molar-refractivity contribution is -0.133. The zero-order valence-corrected chi connectivity index (χ0v) is 16.9. The summed E-state index contributed by atoms with van der Waals surface area (Å²) in [7, 11) is 2.06. The molecule has 3 atom stereocenters. The van der Waals surface area contributed by atoms with Crippen molar-refractivity contribution in [1.82, 2.24) is 15.1 Å². The summed E-state index contributed by atoms with van der Waals surface area (Å²) in [5.74, 6) is 0.0679. The Balaban J connectivity index is 0.00000182. The van der Waals surface area contributed by atoms with E-state index in [4.69, 9.17) is 5.26 Å². The van der Waals surface area contributed by atoms with Gasteiger partial charge in [0.25, 0.3) is 0 Å².